The van der Waals surface area contributed by atoms with Gasteiger partial charge in [-0.25, -0.2) is 43.9 Å². The number of benzene rings is 2. The van der Waals surface area contributed by atoms with Crippen LogP contribution in [0.15, 0.2) is 5.28 Å². The molecule has 0 spiro atoms. The van der Waals surface area contributed by atoms with Crippen LogP contribution in [0.3, 0.4) is 0 Å². The second-order valence-corrected chi connectivity index (χ2v) is 11.2. The molecule has 0 radical (unpaired) electrons. The van der Waals surface area contributed by atoms with Gasteiger partial charge < -0.3 is 9.51 Å². The topological polar surface area (TPSA) is 37.1 Å². The molecule has 5 nitrogen and oxygen atoms in total. The Hall–Kier alpha value is -3.04. The van der Waals surface area contributed by atoms with E-state index in [4.69, 9.17) is 9.51 Å². The van der Waals surface area contributed by atoms with Crippen LogP contribution in [0.5, 0.6) is 0 Å². The highest BCUT2D eigenvalue weighted by Gasteiger charge is 2.57. The van der Waals surface area contributed by atoms with Gasteiger partial charge in [0.15, 0.2) is 40.2 Å². The standard InChI is InChI=1S/C24H24BF10N3O2/c1-10(9-37-23(2,3)7-6-8-24(37,4)5)38-36-39-25(40-38,11-13(26)17(30)21(34)18(31)14(11)27)12-15(28)19(32)22(35)20(33)16(12)29/h10H,6-9H2,1-5H3/t10-/m0/s1. The molecule has 2 aromatic carbocycles. The molecule has 0 unspecified atom stereocenters. The highest BCUT2D eigenvalue weighted by molar-refractivity contribution is 6.92. The zero-order valence-electron chi connectivity index (χ0n) is 21.9. The Balaban J connectivity index is 1.90. The number of likely N-dealkylation sites (tertiary alicyclic amines) is 1. The fourth-order valence-electron chi connectivity index (χ4n) is 5.63. The summed E-state index contributed by atoms with van der Waals surface area (Å²) in [4.78, 5) is 2.47. The molecule has 1 saturated heterocycles. The first-order valence-corrected chi connectivity index (χ1v) is 12.2. The van der Waals surface area contributed by atoms with Gasteiger partial charge in [-0.2, -0.15) is 0 Å². The van der Waals surface area contributed by atoms with E-state index in [1.165, 1.54) is 6.92 Å². The lowest BCUT2D eigenvalue weighted by Crippen LogP contribution is -2.67. The summed E-state index contributed by atoms with van der Waals surface area (Å²) in [7, 11) is 0. The molecule has 1 atom stereocenters. The maximum Gasteiger partial charge on any atom is 0.506 e. The average Bonchev–Trinajstić information content (AvgIpc) is 3.31. The fraction of sp³-hybridized carbons (Fsp3) is 0.500. The van der Waals surface area contributed by atoms with Gasteiger partial charge in [0.25, 0.3) is 0 Å². The summed E-state index contributed by atoms with van der Waals surface area (Å²) in [6, 6.07) is -0.997. The Morgan fingerprint density at radius 3 is 1.43 bits per heavy atom. The summed E-state index contributed by atoms with van der Waals surface area (Å²) in [6.45, 7) is 4.36. The molecular formula is C24H24BF10N3O2. The summed E-state index contributed by atoms with van der Waals surface area (Å²) in [6.07, 6.45) is 2.42. The smallest absolute Gasteiger partial charge is 0.506 e. The van der Waals surface area contributed by atoms with Gasteiger partial charge in [-0.05, 0) is 57.9 Å². The third-order valence-electron chi connectivity index (χ3n) is 7.64. The number of hydroxylamine groups is 1. The van der Waals surface area contributed by atoms with Crippen LogP contribution in [0.4, 0.5) is 43.9 Å². The van der Waals surface area contributed by atoms with E-state index in [0.29, 0.717) is 4.86 Å². The van der Waals surface area contributed by atoms with Crippen LogP contribution in [0.2, 0.25) is 0 Å². The normalized spacial score (nSPS) is 20.6. The van der Waals surface area contributed by atoms with Gasteiger partial charge >= 0.3 is 6.55 Å². The van der Waals surface area contributed by atoms with Crippen LogP contribution in [0.25, 0.3) is 0 Å². The van der Waals surface area contributed by atoms with Crippen LogP contribution in [-0.2, 0) is 9.51 Å². The zero-order valence-corrected chi connectivity index (χ0v) is 21.9. The molecule has 0 saturated carbocycles. The van der Waals surface area contributed by atoms with Crippen LogP contribution < -0.4 is 10.9 Å². The van der Waals surface area contributed by atoms with E-state index in [1.807, 2.05) is 32.6 Å². The third kappa shape index (κ3) is 4.38. The molecule has 2 aliphatic rings. The first kappa shape index (κ1) is 29.9. The molecule has 4 rings (SSSR count). The number of hydrogen-bond donors (Lipinski definition) is 0. The molecule has 0 aromatic heterocycles. The summed E-state index contributed by atoms with van der Waals surface area (Å²) in [5.74, 6) is -26.3. The lowest BCUT2D eigenvalue weighted by molar-refractivity contribution is -0.820. The SMILES string of the molecule is C[C@@H](CN1C(C)(C)CCCC1(C)C)[N+]1=NO[B-](c2c(F)c(F)c(F)c(F)c2F)(c2c(F)c(F)c(F)c(F)c2F)O1. The maximum atomic E-state index is 15.0. The van der Waals surface area contributed by atoms with Gasteiger partial charge in [0.1, 0.15) is 23.3 Å². The Morgan fingerprint density at radius 2 is 1.05 bits per heavy atom. The van der Waals surface area contributed by atoms with Gasteiger partial charge in [-0.3, -0.25) is 4.90 Å². The van der Waals surface area contributed by atoms with Gasteiger partial charge in [-0.1, -0.05) is 0 Å². The molecule has 0 bridgehead atoms. The fourth-order valence-corrected chi connectivity index (χ4v) is 5.63. The predicted octanol–water partition coefficient (Wildman–Crippen LogP) is 5.41. The summed E-state index contributed by atoms with van der Waals surface area (Å²) < 4.78 is 155. The summed E-state index contributed by atoms with van der Waals surface area (Å²) in [5, 5.41) is 3.40. The van der Waals surface area contributed by atoms with Crippen LogP contribution in [0.1, 0.15) is 53.9 Å². The minimum absolute atomic E-state index is 0.0627. The Labute approximate surface area is 222 Å². The van der Waals surface area contributed by atoms with Crippen LogP contribution >= 0.6 is 0 Å². The Morgan fingerprint density at radius 1 is 0.700 bits per heavy atom. The zero-order chi connectivity index (χ0) is 30.1. The molecule has 0 N–H and O–H groups in total. The van der Waals surface area contributed by atoms with Crippen molar-refractivity contribution in [1.29, 1.82) is 0 Å². The molecule has 40 heavy (non-hydrogen) atoms. The number of piperidine rings is 1. The van der Waals surface area contributed by atoms with Gasteiger partial charge in [0.05, 0.1) is 11.4 Å². The van der Waals surface area contributed by atoms with Crippen molar-refractivity contribution in [3.63, 3.8) is 0 Å². The van der Waals surface area contributed by atoms with Crippen molar-refractivity contribution >= 4 is 17.5 Å². The second-order valence-electron chi connectivity index (χ2n) is 11.2. The van der Waals surface area contributed by atoms with E-state index in [2.05, 4.69) is 5.28 Å². The van der Waals surface area contributed by atoms with Crippen LogP contribution in [-0.4, -0.2) is 40.0 Å². The van der Waals surface area contributed by atoms with Crippen molar-refractivity contribution in [3.8, 4) is 0 Å². The van der Waals surface area contributed by atoms with Crippen LogP contribution in [0, 0.1) is 58.2 Å². The Bertz CT molecular complexity index is 1270. The van der Waals surface area contributed by atoms with E-state index in [1.54, 1.807) is 0 Å². The second kappa shape index (κ2) is 9.81. The van der Waals surface area contributed by atoms with Crippen molar-refractivity contribution in [2.24, 2.45) is 5.28 Å². The summed E-state index contributed by atoms with van der Waals surface area (Å²) in [5.41, 5.74) is -5.03. The highest BCUT2D eigenvalue weighted by atomic mass is 19.2. The summed E-state index contributed by atoms with van der Waals surface area (Å²) >= 11 is 0. The molecule has 0 amide bonds. The molecular weight excluding hydrogens is 563 g/mol. The quantitative estimate of drug-likeness (QED) is 0.155. The molecule has 2 aromatic rings. The van der Waals surface area contributed by atoms with Crippen molar-refractivity contribution in [2.45, 2.75) is 71.0 Å². The molecule has 16 heteroatoms. The Kier molecular flexibility index (Phi) is 7.34. The van der Waals surface area contributed by atoms with E-state index in [-0.39, 0.29) is 6.54 Å². The lowest BCUT2D eigenvalue weighted by Gasteiger charge is -2.52. The number of hydrogen-bond acceptors (Lipinski definition) is 4. The van der Waals surface area contributed by atoms with E-state index >= 15 is 0 Å². The van der Waals surface area contributed by atoms with Crippen molar-refractivity contribution < 1.29 is 58.3 Å². The largest absolute Gasteiger partial charge is 0.512 e. The average molecular weight is 587 g/mol. The van der Waals surface area contributed by atoms with Crippen molar-refractivity contribution in [3.05, 3.63) is 58.2 Å². The van der Waals surface area contributed by atoms with E-state index in [9.17, 15) is 43.9 Å². The van der Waals surface area contributed by atoms with E-state index < -0.39 is 92.8 Å². The molecule has 1 fully saturated rings. The van der Waals surface area contributed by atoms with Gasteiger partial charge in [0, 0.05) is 18.0 Å². The maximum absolute atomic E-state index is 15.0. The van der Waals surface area contributed by atoms with E-state index in [0.717, 1.165) is 19.3 Å². The van der Waals surface area contributed by atoms with Gasteiger partial charge in [0.2, 0.25) is 6.04 Å². The number of rotatable bonds is 5. The molecule has 2 aliphatic heterocycles. The third-order valence-corrected chi connectivity index (χ3v) is 7.64. The first-order valence-electron chi connectivity index (χ1n) is 12.2. The highest BCUT2D eigenvalue weighted by Crippen LogP contribution is 2.38. The number of nitrogens with zero attached hydrogens (tertiary/aromatic N) is 3. The van der Waals surface area contributed by atoms with Crippen molar-refractivity contribution in [2.75, 3.05) is 6.54 Å². The molecule has 220 valence electrons. The predicted molar refractivity (Wildman–Crippen MR) is 121 cm³/mol. The van der Waals surface area contributed by atoms with Crippen molar-refractivity contribution in [1.82, 2.24) is 4.90 Å². The minimum atomic E-state index is -4.89. The first-order chi connectivity index (χ1) is 18.4. The molecule has 2 heterocycles. The minimum Gasteiger partial charge on any atom is -0.512 e. The lowest BCUT2D eigenvalue weighted by atomic mass is 9.46. The van der Waals surface area contributed by atoms with Gasteiger partial charge in [-0.15, -0.1) is 0 Å². The number of halogens is 10. The monoisotopic (exact) mass is 587 g/mol. The molecule has 0 aliphatic carbocycles.